The van der Waals surface area contributed by atoms with Gasteiger partial charge in [-0.25, -0.2) is 0 Å². The van der Waals surface area contributed by atoms with Crippen LogP contribution in [-0.2, 0) is 6.54 Å². The highest BCUT2D eigenvalue weighted by Gasteiger charge is 2.29. The van der Waals surface area contributed by atoms with Crippen LogP contribution in [-0.4, -0.2) is 35.0 Å². The molecule has 5 rings (SSSR count). The fraction of sp³-hybridized carbons (Fsp3) is 0.333. The summed E-state index contributed by atoms with van der Waals surface area (Å²) in [7, 11) is 0. The van der Waals surface area contributed by atoms with Crippen molar-refractivity contribution in [3.05, 3.63) is 48.0 Å². The smallest absolute Gasteiger partial charge is 0.283 e. The second-order valence-corrected chi connectivity index (χ2v) is 6.33. The highest BCUT2D eigenvalue weighted by atomic mass is 16.7. The van der Waals surface area contributed by atoms with Gasteiger partial charge in [0.15, 0.2) is 17.3 Å². The Morgan fingerprint density at radius 3 is 3.00 bits per heavy atom. The number of ether oxygens (including phenoxy) is 2. The van der Waals surface area contributed by atoms with Crippen molar-refractivity contribution in [2.75, 3.05) is 19.9 Å². The van der Waals surface area contributed by atoms with Crippen LogP contribution in [0.2, 0.25) is 0 Å². The van der Waals surface area contributed by atoms with Crippen molar-refractivity contribution in [1.82, 2.24) is 15.1 Å². The number of hydrogen-bond acceptors (Lipinski definition) is 7. The van der Waals surface area contributed by atoms with E-state index in [0.717, 1.165) is 37.6 Å². The van der Waals surface area contributed by atoms with E-state index in [2.05, 4.69) is 27.2 Å². The zero-order valence-electron chi connectivity index (χ0n) is 13.6. The molecule has 0 saturated carbocycles. The van der Waals surface area contributed by atoms with Gasteiger partial charge in [-0.05, 0) is 42.8 Å². The van der Waals surface area contributed by atoms with Gasteiger partial charge in [-0.1, -0.05) is 6.07 Å². The molecule has 2 aliphatic rings. The molecular weight excluding hydrogens is 322 g/mol. The molecule has 25 heavy (non-hydrogen) atoms. The quantitative estimate of drug-likeness (QED) is 0.723. The van der Waals surface area contributed by atoms with E-state index in [1.54, 1.807) is 6.26 Å². The lowest BCUT2D eigenvalue weighted by Gasteiger charge is -2.15. The molecule has 0 N–H and O–H groups in total. The monoisotopic (exact) mass is 339 g/mol. The van der Waals surface area contributed by atoms with E-state index < -0.39 is 0 Å². The summed E-state index contributed by atoms with van der Waals surface area (Å²) in [6, 6.07) is 9.73. The standard InChI is InChI=1S/C18H17N3O4/c1-2-15(22-7-1)18-20-19-17(25-18)13-5-6-21(10-13)9-12-3-4-14-16(8-12)24-11-23-14/h1-4,7-8,13H,5-6,9-11H2. The molecule has 1 unspecified atom stereocenters. The summed E-state index contributed by atoms with van der Waals surface area (Å²) in [6.45, 7) is 3.07. The summed E-state index contributed by atoms with van der Waals surface area (Å²) in [6.07, 6.45) is 2.60. The summed E-state index contributed by atoms with van der Waals surface area (Å²) in [5, 5.41) is 8.30. The Bertz CT molecular complexity index is 874. The first-order valence-electron chi connectivity index (χ1n) is 8.33. The summed E-state index contributed by atoms with van der Waals surface area (Å²) in [5.41, 5.74) is 1.21. The van der Waals surface area contributed by atoms with E-state index in [-0.39, 0.29) is 5.92 Å². The Balaban J connectivity index is 1.25. The van der Waals surface area contributed by atoms with Crippen molar-refractivity contribution >= 4 is 0 Å². The molecule has 0 radical (unpaired) electrons. The topological polar surface area (TPSA) is 73.8 Å². The maximum atomic E-state index is 5.79. The summed E-state index contributed by atoms with van der Waals surface area (Å²) in [4.78, 5) is 2.39. The second-order valence-electron chi connectivity index (χ2n) is 6.33. The van der Waals surface area contributed by atoms with E-state index >= 15 is 0 Å². The highest BCUT2D eigenvalue weighted by Crippen LogP contribution is 2.34. The van der Waals surface area contributed by atoms with Gasteiger partial charge in [0.2, 0.25) is 12.7 Å². The first-order valence-corrected chi connectivity index (χ1v) is 8.33. The third-order valence-electron chi connectivity index (χ3n) is 4.64. The molecule has 0 aliphatic carbocycles. The average Bonchev–Trinajstić information content (AvgIpc) is 3.39. The van der Waals surface area contributed by atoms with Crippen molar-refractivity contribution in [2.24, 2.45) is 0 Å². The number of benzene rings is 1. The molecule has 2 aromatic heterocycles. The number of likely N-dealkylation sites (tertiary alicyclic amines) is 1. The average molecular weight is 339 g/mol. The Kier molecular flexibility index (Phi) is 3.45. The molecule has 0 amide bonds. The third-order valence-corrected chi connectivity index (χ3v) is 4.64. The van der Waals surface area contributed by atoms with Crippen LogP contribution in [0, 0.1) is 0 Å². The number of furan rings is 1. The summed E-state index contributed by atoms with van der Waals surface area (Å²) < 4.78 is 21.9. The van der Waals surface area contributed by atoms with Gasteiger partial charge in [-0.3, -0.25) is 4.90 Å². The van der Waals surface area contributed by atoms with E-state index in [0.29, 0.717) is 24.3 Å². The lowest BCUT2D eigenvalue weighted by atomic mass is 10.1. The zero-order chi connectivity index (χ0) is 16.6. The van der Waals surface area contributed by atoms with Crippen LogP contribution in [0.3, 0.4) is 0 Å². The Labute approximate surface area is 144 Å². The molecule has 2 aliphatic heterocycles. The minimum atomic E-state index is 0.255. The molecule has 7 nitrogen and oxygen atoms in total. The van der Waals surface area contributed by atoms with Crippen LogP contribution < -0.4 is 9.47 Å². The lowest BCUT2D eigenvalue weighted by molar-refractivity contribution is 0.174. The van der Waals surface area contributed by atoms with Crippen molar-refractivity contribution in [2.45, 2.75) is 18.9 Å². The lowest BCUT2D eigenvalue weighted by Crippen LogP contribution is -2.19. The van der Waals surface area contributed by atoms with Gasteiger partial charge in [0.1, 0.15) is 0 Å². The van der Waals surface area contributed by atoms with Crippen LogP contribution in [0.1, 0.15) is 23.8 Å². The van der Waals surface area contributed by atoms with Crippen LogP contribution in [0.5, 0.6) is 11.5 Å². The van der Waals surface area contributed by atoms with Gasteiger partial charge >= 0.3 is 0 Å². The number of aromatic nitrogens is 2. The van der Waals surface area contributed by atoms with Gasteiger partial charge in [0.25, 0.3) is 5.89 Å². The fourth-order valence-corrected chi connectivity index (χ4v) is 3.37. The number of rotatable bonds is 4. The van der Waals surface area contributed by atoms with E-state index in [1.165, 1.54) is 5.56 Å². The molecule has 0 spiro atoms. The van der Waals surface area contributed by atoms with Crippen molar-refractivity contribution < 1.29 is 18.3 Å². The molecular formula is C18H17N3O4. The number of fused-ring (bicyclic) bond motifs is 1. The molecule has 1 fully saturated rings. The largest absolute Gasteiger partial charge is 0.459 e. The molecule has 4 heterocycles. The molecule has 1 saturated heterocycles. The Morgan fingerprint density at radius 1 is 1.12 bits per heavy atom. The van der Waals surface area contributed by atoms with E-state index in [1.807, 2.05) is 18.2 Å². The molecule has 1 atom stereocenters. The first kappa shape index (κ1) is 14.5. The third kappa shape index (κ3) is 2.76. The van der Waals surface area contributed by atoms with Gasteiger partial charge in [0, 0.05) is 13.1 Å². The Morgan fingerprint density at radius 2 is 2.08 bits per heavy atom. The molecule has 128 valence electrons. The SMILES string of the molecule is c1coc(-c2nnc(C3CCN(Cc4ccc5c(c4)OCO5)C3)o2)c1. The van der Waals surface area contributed by atoms with Gasteiger partial charge in [-0.15, -0.1) is 10.2 Å². The summed E-state index contributed by atoms with van der Waals surface area (Å²) >= 11 is 0. The summed E-state index contributed by atoms with van der Waals surface area (Å²) in [5.74, 6) is 3.63. The predicted molar refractivity (Wildman–Crippen MR) is 87.2 cm³/mol. The van der Waals surface area contributed by atoms with Crippen LogP contribution >= 0.6 is 0 Å². The van der Waals surface area contributed by atoms with Crippen molar-refractivity contribution in [3.8, 4) is 23.1 Å². The van der Waals surface area contributed by atoms with Crippen molar-refractivity contribution in [1.29, 1.82) is 0 Å². The van der Waals surface area contributed by atoms with Gasteiger partial charge < -0.3 is 18.3 Å². The van der Waals surface area contributed by atoms with Gasteiger partial charge in [-0.2, -0.15) is 0 Å². The number of hydrogen-bond donors (Lipinski definition) is 0. The van der Waals surface area contributed by atoms with Crippen molar-refractivity contribution in [3.63, 3.8) is 0 Å². The number of nitrogens with zero attached hydrogens (tertiary/aromatic N) is 3. The molecule has 1 aromatic carbocycles. The van der Waals surface area contributed by atoms with Crippen LogP contribution in [0.4, 0.5) is 0 Å². The molecule has 7 heteroatoms. The molecule has 0 bridgehead atoms. The fourth-order valence-electron chi connectivity index (χ4n) is 3.37. The minimum Gasteiger partial charge on any atom is -0.459 e. The molecule has 3 aromatic rings. The minimum absolute atomic E-state index is 0.255. The van der Waals surface area contributed by atoms with Crippen LogP contribution in [0.15, 0.2) is 45.4 Å². The second kappa shape index (κ2) is 5.93. The highest BCUT2D eigenvalue weighted by molar-refractivity contribution is 5.44. The van der Waals surface area contributed by atoms with Gasteiger partial charge in [0.05, 0.1) is 12.2 Å². The van der Waals surface area contributed by atoms with E-state index in [4.69, 9.17) is 18.3 Å². The Hall–Kier alpha value is -2.80. The van der Waals surface area contributed by atoms with Crippen LogP contribution in [0.25, 0.3) is 11.7 Å². The maximum absolute atomic E-state index is 5.79. The first-order chi connectivity index (χ1) is 12.3. The predicted octanol–water partition coefficient (Wildman–Crippen LogP) is 3.05. The normalized spacial score (nSPS) is 19.6. The zero-order valence-corrected chi connectivity index (χ0v) is 13.6. The maximum Gasteiger partial charge on any atom is 0.283 e. The van der Waals surface area contributed by atoms with E-state index in [9.17, 15) is 0 Å².